The van der Waals surface area contributed by atoms with Crippen molar-refractivity contribution in [1.29, 1.82) is 0 Å². The molecule has 5 nitrogen and oxygen atoms in total. The van der Waals surface area contributed by atoms with Crippen LogP contribution >= 0.6 is 11.3 Å². The Morgan fingerprint density at radius 1 is 1.15 bits per heavy atom. The van der Waals surface area contributed by atoms with Crippen LogP contribution in [0.15, 0.2) is 76.7 Å². The van der Waals surface area contributed by atoms with E-state index in [1.54, 1.807) is 34.4 Å². The van der Waals surface area contributed by atoms with Gasteiger partial charge in [-0.05, 0) is 42.6 Å². The van der Waals surface area contributed by atoms with Gasteiger partial charge in [-0.2, -0.15) is 5.10 Å². The van der Waals surface area contributed by atoms with E-state index in [1.807, 2.05) is 60.8 Å². The molecule has 1 aromatic carbocycles. The number of nitrogens with one attached hydrogen (secondary N) is 1. The molecule has 0 aliphatic rings. The highest BCUT2D eigenvalue weighted by Crippen LogP contribution is 2.23. The van der Waals surface area contributed by atoms with Gasteiger partial charge in [-0.3, -0.25) is 4.79 Å². The zero-order valence-corrected chi connectivity index (χ0v) is 14.9. The predicted octanol–water partition coefficient (Wildman–Crippen LogP) is 4.68. The van der Waals surface area contributed by atoms with Crippen LogP contribution in [-0.2, 0) is 0 Å². The fourth-order valence-electron chi connectivity index (χ4n) is 2.73. The van der Waals surface area contributed by atoms with Gasteiger partial charge in [0.05, 0.1) is 18.0 Å². The number of nitrogens with zero attached hydrogens (tertiary/aromatic N) is 2. The highest BCUT2D eigenvalue weighted by atomic mass is 32.1. The second-order valence-electron chi connectivity index (χ2n) is 5.85. The number of rotatable bonds is 5. The molecule has 0 radical (unpaired) electrons. The molecule has 0 saturated carbocycles. The van der Waals surface area contributed by atoms with Crippen molar-refractivity contribution < 1.29 is 9.21 Å². The molecule has 0 bridgehead atoms. The molecule has 0 fully saturated rings. The van der Waals surface area contributed by atoms with Crippen LogP contribution in [0, 0.1) is 0 Å². The van der Waals surface area contributed by atoms with Gasteiger partial charge in [-0.1, -0.05) is 24.3 Å². The lowest BCUT2D eigenvalue weighted by Gasteiger charge is -2.13. The Morgan fingerprint density at radius 2 is 2.00 bits per heavy atom. The van der Waals surface area contributed by atoms with E-state index in [0.29, 0.717) is 17.1 Å². The maximum atomic E-state index is 12.9. The maximum absolute atomic E-state index is 12.9. The summed E-state index contributed by atoms with van der Waals surface area (Å²) in [6, 6.07) is 18.9. The third kappa shape index (κ3) is 3.19. The molecule has 0 aliphatic carbocycles. The van der Waals surface area contributed by atoms with Gasteiger partial charge in [-0.15, -0.1) is 11.3 Å². The largest absolute Gasteiger partial charge is 0.463 e. The van der Waals surface area contributed by atoms with E-state index in [0.717, 1.165) is 10.6 Å². The van der Waals surface area contributed by atoms with Crippen LogP contribution in [0.1, 0.15) is 28.3 Å². The SMILES string of the molecule is C[C@@H](NC(=O)c1cc(-c2ccco2)nn1-c1ccccc1)c1cccs1. The number of aromatic nitrogens is 2. The summed E-state index contributed by atoms with van der Waals surface area (Å²) < 4.78 is 7.08. The fraction of sp³-hybridized carbons (Fsp3) is 0.100. The monoisotopic (exact) mass is 363 g/mol. The van der Waals surface area contributed by atoms with E-state index in [4.69, 9.17) is 4.42 Å². The first-order valence-corrected chi connectivity index (χ1v) is 9.14. The molecular formula is C20H17N3O2S. The topological polar surface area (TPSA) is 60.1 Å². The zero-order chi connectivity index (χ0) is 17.9. The number of hydrogen-bond donors (Lipinski definition) is 1. The van der Waals surface area contributed by atoms with E-state index in [2.05, 4.69) is 10.4 Å². The quantitative estimate of drug-likeness (QED) is 0.560. The second kappa shape index (κ2) is 7.01. The summed E-state index contributed by atoms with van der Waals surface area (Å²) in [4.78, 5) is 14.0. The molecule has 0 aliphatic heterocycles. The Labute approximate surface area is 154 Å². The Bertz CT molecular complexity index is 989. The first kappa shape index (κ1) is 16.4. The van der Waals surface area contributed by atoms with Crippen LogP contribution in [0.3, 0.4) is 0 Å². The lowest BCUT2D eigenvalue weighted by molar-refractivity contribution is 0.0932. The highest BCUT2D eigenvalue weighted by Gasteiger charge is 2.20. The summed E-state index contributed by atoms with van der Waals surface area (Å²) in [5.74, 6) is 0.445. The van der Waals surface area contributed by atoms with Gasteiger partial charge in [0.2, 0.25) is 0 Å². The lowest BCUT2D eigenvalue weighted by atomic mass is 10.2. The minimum absolute atomic E-state index is 0.0753. The van der Waals surface area contributed by atoms with Crippen molar-refractivity contribution >= 4 is 17.2 Å². The van der Waals surface area contributed by atoms with Gasteiger partial charge in [0.15, 0.2) is 5.76 Å². The third-order valence-corrected chi connectivity index (χ3v) is 5.09. The van der Waals surface area contributed by atoms with Crippen molar-refractivity contribution in [2.45, 2.75) is 13.0 Å². The second-order valence-corrected chi connectivity index (χ2v) is 6.83. The molecule has 0 spiro atoms. The molecular weight excluding hydrogens is 346 g/mol. The molecule has 26 heavy (non-hydrogen) atoms. The minimum Gasteiger partial charge on any atom is -0.463 e. The van der Waals surface area contributed by atoms with Crippen molar-refractivity contribution in [3.05, 3.63) is 82.9 Å². The average Bonchev–Trinajstić information content (AvgIpc) is 3.43. The molecule has 1 amide bonds. The van der Waals surface area contributed by atoms with Crippen LogP contribution in [0.5, 0.6) is 0 Å². The van der Waals surface area contributed by atoms with Crippen LogP contribution in [0.25, 0.3) is 17.1 Å². The van der Waals surface area contributed by atoms with E-state index in [9.17, 15) is 4.79 Å². The fourth-order valence-corrected chi connectivity index (χ4v) is 3.47. The number of hydrogen-bond acceptors (Lipinski definition) is 4. The molecule has 1 atom stereocenters. The first-order valence-electron chi connectivity index (χ1n) is 8.26. The number of amides is 1. The van der Waals surface area contributed by atoms with E-state index >= 15 is 0 Å². The smallest absolute Gasteiger partial charge is 0.270 e. The van der Waals surface area contributed by atoms with E-state index < -0.39 is 0 Å². The van der Waals surface area contributed by atoms with Gasteiger partial charge in [0, 0.05) is 10.9 Å². The number of benzene rings is 1. The minimum atomic E-state index is -0.181. The molecule has 3 aromatic heterocycles. The average molecular weight is 363 g/mol. The number of carbonyl (C=O) groups excluding carboxylic acids is 1. The van der Waals surface area contributed by atoms with Gasteiger partial charge >= 0.3 is 0 Å². The van der Waals surface area contributed by atoms with Crippen LogP contribution in [0.2, 0.25) is 0 Å². The van der Waals surface area contributed by atoms with Crippen molar-refractivity contribution in [3.63, 3.8) is 0 Å². The maximum Gasteiger partial charge on any atom is 0.270 e. The van der Waals surface area contributed by atoms with Gasteiger partial charge in [0.25, 0.3) is 5.91 Å². The van der Waals surface area contributed by atoms with Crippen LogP contribution < -0.4 is 5.32 Å². The molecule has 3 heterocycles. The molecule has 4 aromatic rings. The summed E-state index contributed by atoms with van der Waals surface area (Å²) in [5.41, 5.74) is 1.90. The summed E-state index contributed by atoms with van der Waals surface area (Å²) in [7, 11) is 0. The molecule has 6 heteroatoms. The Morgan fingerprint density at radius 3 is 2.69 bits per heavy atom. The molecule has 0 saturated heterocycles. The molecule has 130 valence electrons. The van der Waals surface area contributed by atoms with Gasteiger partial charge in [0.1, 0.15) is 11.4 Å². The van der Waals surface area contributed by atoms with Gasteiger partial charge < -0.3 is 9.73 Å². The summed E-state index contributed by atoms with van der Waals surface area (Å²) >= 11 is 1.62. The van der Waals surface area contributed by atoms with Gasteiger partial charge in [-0.25, -0.2) is 4.68 Å². The summed E-state index contributed by atoms with van der Waals surface area (Å²) in [5, 5.41) is 9.63. The number of para-hydroxylation sites is 1. The number of thiophene rings is 1. The van der Waals surface area contributed by atoms with Crippen LogP contribution in [0.4, 0.5) is 0 Å². The van der Waals surface area contributed by atoms with Crippen molar-refractivity contribution in [3.8, 4) is 17.1 Å². The normalized spacial score (nSPS) is 12.0. The molecule has 4 rings (SSSR count). The third-order valence-electron chi connectivity index (χ3n) is 4.03. The Hall–Kier alpha value is -3.12. The van der Waals surface area contributed by atoms with E-state index in [-0.39, 0.29) is 11.9 Å². The van der Waals surface area contributed by atoms with Crippen molar-refractivity contribution in [1.82, 2.24) is 15.1 Å². The zero-order valence-electron chi connectivity index (χ0n) is 14.1. The predicted molar refractivity (Wildman–Crippen MR) is 101 cm³/mol. The lowest BCUT2D eigenvalue weighted by Crippen LogP contribution is -2.28. The van der Waals surface area contributed by atoms with Crippen molar-refractivity contribution in [2.75, 3.05) is 0 Å². The first-order chi connectivity index (χ1) is 12.7. The van der Waals surface area contributed by atoms with E-state index in [1.165, 1.54) is 0 Å². The standard InChI is InChI=1S/C20H17N3O2S/c1-14(19-10-6-12-26-19)21-20(24)17-13-16(18-9-5-11-25-18)22-23(17)15-7-3-2-4-8-15/h2-14H,1H3,(H,21,24)/t14-/m1/s1. The molecule has 1 N–H and O–H groups in total. The van der Waals surface area contributed by atoms with Crippen molar-refractivity contribution in [2.24, 2.45) is 0 Å². The molecule has 0 unspecified atom stereocenters. The highest BCUT2D eigenvalue weighted by molar-refractivity contribution is 7.10. The Kier molecular flexibility index (Phi) is 4.41. The Balaban J connectivity index is 1.70. The summed E-state index contributed by atoms with van der Waals surface area (Å²) in [6.07, 6.45) is 1.59. The number of furan rings is 1. The van der Waals surface area contributed by atoms with Crippen LogP contribution in [-0.4, -0.2) is 15.7 Å². The number of carbonyl (C=O) groups is 1. The summed E-state index contributed by atoms with van der Waals surface area (Å²) in [6.45, 7) is 1.97.